The van der Waals surface area contributed by atoms with Gasteiger partial charge in [-0.05, 0) is 73.9 Å². The zero-order valence-corrected chi connectivity index (χ0v) is 26.2. The number of hydrogen-bond donors (Lipinski definition) is 0. The topological polar surface area (TPSA) is 58.6 Å². The van der Waals surface area contributed by atoms with Gasteiger partial charge in [-0.2, -0.15) is 26.3 Å². The Morgan fingerprint density at radius 1 is 0.915 bits per heavy atom. The number of pyridine rings is 2. The van der Waals surface area contributed by atoms with E-state index in [2.05, 4.69) is 9.97 Å². The molecule has 1 spiro atoms. The highest BCUT2D eigenvalue weighted by atomic mass is 35.5. The normalized spacial score (nSPS) is 16.4. The molecule has 6 nitrogen and oxygen atoms in total. The Bertz CT molecular complexity index is 1840. The highest BCUT2D eigenvalue weighted by molar-refractivity contribution is 6.32. The molecule has 14 heteroatoms. The minimum atomic E-state index is -4.84. The second-order valence-corrected chi connectivity index (χ2v) is 12.2. The van der Waals surface area contributed by atoms with Gasteiger partial charge >= 0.3 is 12.4 Å². The molecule has 2 aromatic heterocycles. The van der Waals surface area contributed by atoms with Crippen molar-refractivity contribution in [3.05, 3.63) is 99.3 Å². The SMILES string of the molecule is CCOc1ncccc1-c1ccc2c(n1)C(=O)N(c1ccc(Cl)cc1C(F)(F)F)CC21CCN(c2cccc(Cl)c2C(F)(F)F)CC1. The lowest BCUT2D eigenvalue weighted by molar-refractivity contribution is -0.137. The number of aromatic nitrogens is 2. The van der Waals surface area contributed by atoms with E-state index in [1.54, 1.807) is 36.1 Å². The fourth-order valence-electron chi connectivity index (χ4n) is 6.45. The summed E-state index contributed by atoms with van der Waals surface area (Å²) in [5.74, 6) is -0.483. The van der Waals surface area contributed by atoms with Gasteiger partial charge in [-0.3, -0.25) is 4.79 Å². The van der Waals surface area contributed by atoms with Gasteiger partial charge in [0.05, 0.1) is 45.4 Å². The van der Waals surface area contributed by atoms with Gasteiger partial charge in [-0.1, -0.05) is 35.3 Å². The number of anilines is 2. The summed E-state index contributed by atoms with van der Waals surface area (Å²) in [6.45, 7) is 2.15. The van der Waals surface area contributed by atoms with Crippen molar-refractivity contribution in [1.29, 1.82) is 0 Å². The molecule has 2 aliphatic heterocycles. The van der Waals surface area contributed by atoms with Gasteiger partial charge in [0.2, 0.25) is 5.88 Å². The van der Waals surface area contributed by atoms with Crippen molar-refractivity contribution in [1.82, 2.24) is 9.97 Å². The van der Waals surface area contributed by atoms with Crippen LogP contribution in [0.25, 0.3) is 11.3 Å². The molecular weight excluding hydrogens is 669 g/mol. The minimum Gasteiger partial charge on any atom is -0.477 e. The van der Waals surface area contributed by atoms with Gasteiger partial charge in [0.15, 0.2) is 0 Å². The van der Waals surface area contributed by atoms with Gasteiger partial charge in [-0.25, -0.2) is 9.97 Å². The number of hydrogen-bond acceptors (Lipinski definition) is 5. The standard InChI is InChI=1S/C33H26Cl2F6N4O2/c1-2-47-29-20(5-4-14-42-29)24-10-9-21-28(43-24)30(46)45(25-11-8-19(34)17-22(25)32(36,37)38)18-31(21)12-15-44(16-13-31)26-7-3-6-23(35)27(26)33(39,40)41/h3-11,14,17H,2,12-13,15-16,18H2,1H3. The molecule has 2 aromatic carbocycles. The lowest BCUT2D eigenvalue weighted by Gasteiger charge is -2.49. The van der Waals surface area contributed by atoms with E-state index in [-0.39, 0.29) is 54.8 Å². The quantitative estimate of drug-likeness (QED) is 0.195. The first-order chi connectivity index (χ1) is 22.2. The molecule has 2 aliphatic rings. The van der Waals surface area contributed by atoms with Crippen LogP contribution in [-0.4, -0.2) is 42.1 Å². The first-order valence-electron chi connectivity index (χ1n) is 14.6. The largest absolute Gasteiger partial charge is 0.477 e. The Balaban J connectivity index is 1.47. The van der Waals surface area contributed by atoms with E-state index in [4.69, 9.17) is 27.9 Å². The van der Waals surface area contributed by atoms with Crippen LogP contribution in [0.5, 0.6) is 5.88 Å². The van der Waals surface area contributed by atoms with Crippen LogP contribution in [-0.2, 0) is 17.8 Å². The molecule has 0 atom stereocenters. The second kappa shape index (κ2) is 12.2. The molecule has 4 aromatic rings. The first kappa shape index (κ1) is 32.9. The van der Waals surface area contributed by atoms with E-state index >= 15 is 0 Å². The molecular formula is C33H26Cl2F6N4O2. The third-order valence-electron chi connectivity index (χ3n) is 8.59. The molecule has 4 heterocycles. The molecule has 0 N–H and O–H groups in total. The van der Waals surface area contributed by atoms with Crippen molar-refractivity contribution in [3.63, 3.8) is 0 Å². The maximum atomic E-state index is 14.3. The van der Waals surface area contributed by atoms with Crippen LogP contribution in [0.2, 0.25) is 10.0 Å². The van der Waals surface area contributed by atoms with Crippen molar-refractivity contribution in [2.24, 2.45) is 0 Å². The third-order valence-corrected chi connectivity index (χ3v) is 9.14. The molecule has 0 unspecified atom stereocenters. The highest BCUT2D eigenvalue weighted by Crippen LogP contribution is 2.48. The van der Waals surface area contributed by atoms with Gasteiger partial charge in [0.1, 0.15) is 5.69 Å². The first-order valence-corrected chi connectivity index (χ1v) is 15.4. The lowest BCUT2D eigenvalue weighted by Crippen LogP contribution is -2.55. The van der Waals surface area contributed by atoms with Gasteiger partial charge in [-0.15, -0.1) is 0 Å². The zero-order valence-electron chi connectivity index (χ0n) is 24.7. The number of piperidine rings is 1. The predicted octanol–water partition coefficient (Wildman–Crippen LogP) is 9.09. The minimum absolute atomic E-state index is 0.0599. The average molecular weight is 695 g/mol. The van der Waals surface area contributed by atoms with Gasteiger partial charge in [0, 0.05) is 36.3 Å². The fraction of sp³-hybridized carbons (Fsp3) is 0.303. The zero-order chi connectivity index (χ0) is 33.7. The smallest absolute Gasteiger partial charge is 0.419 e. The molecule has 6 rings (SSSR count). The predicted molar refractivity (Wildman–Crippen MR) is 166 cm³/mol. The Kier molecular flexibility index (Phi) is 8.54. The van der Waals surface area contributed by atoms with Crippen LogP contribution in [0, 0.1) is 0 Å². The van der Waals surface area contributed by atoms with Crippen LogP contribution in [0.1, 0.15) is 46.9 Å². The van der Waals surface area contributed by atoms with Crippen molar-refractivity contribution in [2.75, 3.05) is 36.0 Å². The number of rotatable bonds is 5. The molecule has 47 heavy (non-hydrogen) atoms. The van der Waals surface area contributed by atoms with Gasteiger partial charge in [0.25, 0.3) is 5.91 Å². The summed E-state index contributed by atoms with van der Waals surface area (Å²) in [6.07, 6.45) is -7.60. The molecule has 246 valence electrons. The van der Waals surface area contributed by atoms with E-state index in [1.165, 1.54) is 30.5 Å². The van der Waals surface area contributed by atoms with Gasteiger partial charge < -0.3 is 14.5 Å². The number of benzene rings is 2. The van der Waals surface area contributed by atoms with E-state index in [0.29, 0.717) is 23.4 Å². The summed E-state index contributed by atoms with van der Waals surface area (Å²) in [5.41, 5.74) is -2.22. The molecule has 1 fully saturated rings. The number of fused-ring (bicyclic) bond motifs is 2. The van der Waals surface area contributed by atoms with Crippen LogP contribution in [0.4, 0.5) is 37.7 Å². The number of nitrogens with zero attached hydrogens (tertiary/aromatic N) is 4. The van der Waals surface area contributed by atoms with E-state index in [1.807, 2.05) is 0 Å². The van der Waals surface area contributed by atoms with E-state index in [9.17, 15) is 31.1 Å². The summed E-state index contributed by atoms with van der Waals surface area (Å²) in [6, 6.07) is 13.9. The third kappa shape index (κ3) is 6.09. The lowest BCUT2D eigenvalue weighted by atomic mass is 9.69. The number of alkyl halides is 6. The fourth-order valence-corrected chi connectivity index (χ4v) is 6.90. The maximum absolute atomic E-state index is 14.3. The summed E-state index contributed by atoms with van der Waals surface area (Å²) in [7, 11) is 0. The molecule has 0 radical (unpaired) electrons. The Hall–Kier alpha value is -4.03. The summed E-state index contributed by atoms with van der Waals surface area (Å²) in [5, 5.41) is -0.590. The van der Waals surface area contributed by atoms with Crippen LogP contribution in [0.3, 0.4) is 0 Å². The van der Waals surface area contributed by atoms with Crippen LogP contribution in [0.15, 0.2) is 66.9 Å². The van der Waals surface area contributed by atoms with E-state index < -0.39 is 45.5 Å². The number of amides is 1. The Labute approximate surface area is 275 Å². The molecule has 0 aliphatic carbocycles. The Morgan fingerprint density at radius 2 is 1.66 bits per heavy atom. The molecule has 0 bridgehead atoms. The van der Waals surface area contributed by atoms with Crippen molar-refractivity contribution in [3.8, 4) is 17.1 Å². The highest BCUT2D eigenvalue weighted by Gasteiger charge is 2.49. The molecule has 1 amide bonds. The maximum Gasteiger partial charge on any atom is 0.419 e. The molecule has 0 saturated carbocycles. The summed E-state index contributed by atoms with van der Waals surface area (Å²) < 4.78 is 90.7. The monoisotopic (exact) mass is 694 g/mol. The van der Waals surface area contributed by atoms with E-state index in [0.717, 1.165) is 17.0 Å². The second-order valence-electron chi connectivity index (χ2n) is 11.3. The number of carbonyl (C=O) groups excluding carboxylic acids is 1. The van der Waals surface area contributed by atoms with Crippen LogP contribution >= 0.6 is 23.2 Å². The molecule has 1 saturated heterocycles. The van der Waals surface area contributed by atoms with Crippen molar-refractivity contribution < 1.29 is 35.9 Å². The van der Waals surface area contributed by atoms with Crippen LogP contribution < -0.4 is 14.5 Å². The number of ether oxygens (including phenoxy) is 1. The average Bonchev–Trinajstić information content (AvgIpc) is 3.02. The number of halogens is 8. The van der Waals surface area contributed by atoms with Crippen molar-refractivity contribution in [2.45, 2.75) is 37.5 Å². The number of carbonyl (C=O) groups is 1. The summed E-state index contributed by atoms with van der Waals surface area (Å²) in [4.78, 5) is 25.7. The Morgan fingerprint density at radius 3 is 2.34 bits per heavy atom. The summed E-state index contributed by atoms with van der Waals surface area (Å²) >= 11 is 11.9. The van der Waals surface area contributed by atoms with Crippen molar-refractivity contribution >= 4 is 40.5 Å².